The largest absolute Gasteiger partial charge is 0.316 e. The van der Waals surface area contributed by atoms with Crippen LogP contribution in [0.15, 0.2) is 46.9 Å². The molecule has 0 radical (unpaired) electrons. The fourth-order valence-corrected chi connectivity index (χ4v) is 2.79. The highest BCUT2D eigenvalue weighted by Gasteiger charge is 2.17. The molecule has 21 heavy (non-hydrogen) atoms. The van der Waals surface area contributed by atoms with Crippen molar-refractivity contribution in [3.8, 4) is 0 Å². The second kappa shape index (κ2) is 7.66. The fraction of sp³-hybridized carbons (Fsp3) is 0.294. The number of rotatable bonds is 6. The van der Waals surface area contributed by atoms with E-state index in [0.717, 1.165) is 16.6 Å². The second-order valence-electron chi connectivity index (χ2n) is 4.97. The van der Waals surface area contributed by atoms with Crippen LogP contribution in [0, 0.1) is 11.6 Å². The highest BCUT2D eigenvalue weighted by molar-refractivity contribution is 9.10. The van der Waals surface area contributed by atoms with Crippen molar-refractivity contribution in [2.75, 3.05) is 13.1 Å². The van der Waals surface area contributed by atoms with Gasteiger partial charge in [-0.2, -0.15) is 0 Å². The lowest BCUT2D eigenvalue weighted by atomic mass is 9.91. The molecule has 0 saturated heterocycles. The van der Waals surface area contributed by atoms with E-state index in [4.69, 9.17) is 0 Å². The third-order valence-corrected chi connectivity index (χ3v) is 4.23. The molecule has 0 bridgehead atoms. The quantitative estimate of drug-likeness (QED) is 0.795. The van der Waals surface area contributed by atoms with Gasteiger partial charge in [-0.3, -0.25) is 0 Å². The molecule has 0 aromatic heterocycles. The first-order valence-electron chi connectivity index (χ1n) is 7.01. The van der Waals surface area contributed by atoms with Gasteiger partial charge in [-0.1, -0.05) is 41.1 Å². The van der Waals surface area contributed by atoms with Crippen LogP contribution in [-0.4, -0.2) is 13.1 Å². The summed E-state index contributed by atoms with van der Waals surface area (Å²) < 4.78 is 28.3. The first-order chi connectivity index (χ1) is 10.1. The Morgan fingerprint density at radius 3 is 2.62 bits per heavy atom. The standard InChI is InChI=1S/C17H18BrF2N/c1-2-21-11-13(15-5-3-4-6-17(15)20)9-12-10-14(19)7-8-16(12)18/h3-8,10,13,21H,2,9,11H2,1H3. The van der Waals surface area contributed by atoms with Gasteiger partial charge in [-0.25, -0.2) is 8.78 Å². The number of hydrogen-bond donors (Lipinski definition) is 1. The summed E-state index contributed by atoms with van der Waals surface area (Å²) in [5.41, 5.74) is 1.51. The summed E-state index contributed by atoms with van der Waals surface area (Å²) in [5, 5.41) is 3.25. The van der Waals surface area contributed by atoms with Crippen LogP contribution in [0.5, 0.6) is 0 Å². The summed E-state index contributed by atoms with van der Waals surface area (Å²) in [7, 11) is 0. The molecule has 1 atom stereocenters. The fourth-order valence-electron chi connectivity index (χ4n) is 2.38. The molecule has 0 amide bonds. The minimum atomic E-state index is -0.274. The molecule has 0 saturated carbocycles. The molecule has 1 N–H and O–H groups in total. The molecule has 0 spiro atoms. The minimum absolute atomic E-state index is 0.0377. The second-order valence-corrected chi connectivity index (χ2v) is 5.82. The van der Waals surface area contributed by atoms with Crippen LogP contribution in [0.2, 0.25) is 0 Å². The van der Waals surface area contributed by atoms with E-state index < -0.39 is 0 Å². The molecule has 0 aliphatic carbocycles. The SMILES string of the molecule is CCNCC(Cc1cc(F)ccc1Br)c1ccccc1F. The van der Waals surface area contributed by atoms with Gasteiger partial charge in [-0.05, 0) is 48.4 Å². The molecule has 0 aliphatic rings. The van der Waals surface area contributed by atoms with Crippen molar-refractivity contribution in [1.29, 1.82) is 0 Å². The van der Waals surface area contributed by atoms with E-state index in [1.807, 2.05) is 13.0 Å². The van der Waals surface area contributed by atoms with E-state index in [1.54, 1.807) is 18.2 Å². The number of likely N-dealkylation sites (N-methyl/N-ethyl adjacent to an activating group) is 1. The average molecular weight is 354 g/mol. The zero-order valence-electron chi connectivity index (χ0n) is 11.9. The first-order valence-corrected chi connectivity index (χ1v) is 7.80. The maximum atomic E-state index is 14.0. The predicted molar refractivity (Wildman–Crippen MR) is 85.5 cm³/mol. The number of halogens is 3. The van der Waals surface area contributed by atoms with Crippen LogP contribution >= 0.6 is 15.9 Å². The van der Waals surface area contributed by atoms with Crippen molar-refractivity contribution in [1.82, 2.24) is 5.32 Å². The van der Waals surface area contributed by atoms with Gasteiger partial charge in [0.2, 0.25) is 0 Å². The van der Waals surface area contributed by atoms with Crippen LogP contribution in [0.4, 0.5) is 8.78 Å². The zero-order valence-corrected chi connectivity index (χ0v) is 13.5. The smallest absolute Gasteiger partial charge is 0.126 e. The van der Waals surface area contributed by atoms with Crippen molar-refractivity contribution in [3.05, 3.63) is 69.7 Å². The third kappa shape index (κ3) is 4.35. The molecule has 2 aromatic rings. The normalized spacial score (nSPS) is 12.4. The Morgan fingerprint density at radius 1 is 1.14 bits per heavy atom. The van der Waals surface area contributed by atoms with Gasteiger partial charge in [-0.15, -0.1) is 0 Å². The number of benzene rings is 2. The summed E-state index contributed by atoms with van der Waals surface area (Å²) in [6, 6.07) is 11.4. The topological polar surface area (TPSA) is 12.0 Å². The zero-order chi connectivity index (χ0) is 15.2. The van der Waals surface area contributed by atoms with Gasteiger partial charge in [0.15, 0.2) is 0 Å². The average Bonchev–Trinajstić information content (AvgIpc) is 2.48. The lowest BCUT2D eigenvalue weighted by Gasteiger charge is -2.19. The predicted octanol–water partition coefficient (Wildman–Crippen LogP) is 4.66. The van der Waals surface area contributed by atoms with E-state index in [-0.39, 0.29) is 17.6 Å². The van der Waals surface area contributed by atoms with Crippen molar-refractivity contribution in [2.45, 2.75) is 19.3 Å². The molecule has 0 heterocycles. The van der Waals surface area contributed by atoms with Crippen LogP contribution in [0.1, 0.15) is 24.0 Å². The summed E-state index contributed by atoms with van der Waals surface area (Å²) >= 11 is 3.44. The minimum Gasteiger partial charge on any atom is -0.316 e. The summed E-state index contributed by atoms with van der Waals surface area (Å²) in [6.45, 7) is 3.48. The molecule has 1 unspecified atom stereocenters. The molecule has 4 heteroatoms. The van der Waals surface area contributed by atoms with E-state index in [9.17, 15) is 8.78 Å². The molecule has 0 aliphatic heterocycles. The Bertz CT molecular complexity index is 601. The van der Waals surface area contributed by atoms with Gasteiger partial charge in [0, 0.05) is 16.9 Å². The number of hydrogen-bond acceptors (Lipinski definition) is 1. The van der Waals surface area contributed by atoms with Crippen LogP contribution in [-0.2, 0) is 6.42 Å². The molecule has 112 valence electrons. The lowest BCUT2D eigenvalue weighted by Crippen LogP contribution is -2.23. The number of nitrogens with one attached hydrogen (secondary N) is 1. The molecule has 2 aromatic carbocycles. The Hall–Kier alpha value is -1.26. The van der Waals surface area contributed by atoms with Gasteiger partial charge in [0.25, 0.3) is 0 Å². The maximum absolute atomic E-state index is 14.0. The van der Waals surface area contributed by atoms with Crippen molar-refractivity contribution < 1.29 is 8.78 Å². The maximum Gasteiger partial charge on any atom is 0.126 e. The summed E-state index contributed by atoms with van der Waals surface area (Å²) in [5.74, 6) is -0.527. The van der Waals surface area contributed by atoms with Crippen LogP contribution in [0.3, 0.4) is 0 Å². The van der Waals surface area contributed by atoms with Gasteiger partial charge >= 0.3 is 0 Å². The summed E-state index contributed by atoms with van der Waals surface area (Å²) in [6.07, 6.45) is 0.576. The lowest BCUT2D eigenvalue weighted by molar-refractivity contribution is 0.542. The molecular formula is C17H18BrF2N. The summed E-state index contributed by atoms with van der Waals surface area (Å²) in [4.78, 5) is 0. The molecule has 1 nitrogen and oxygen atoms in total. The monoisotopic (exact) mass is 353 g/mol. The van der Waals surface area contributed by atoms with Crippen LogP contribution < -0.4 is 5.32 Å². The van der Waals surface area contributed by atoms with Crippen LogP contribution in [0.25, 0.3) is 0 Å². The van der Waals surface area contributed by atoms with Gasteiger partial charge in [0.05, 0.1) is 0 Å². The van der Waals surface area contributed by atoms with E-state index >= 15 is 0 Å². The van der Waals surface area contributed by atoms with Gasteiger partial charge in [0.1, 0.15) is 11.6 Å². The molecule has 2 rings (SSSR count). The Kier molecular flexibility index (Phi) is 5.88. The Morgan fingerprint density at radius 2 is 1.90 bits per heavy atom. The third-order valence-electron chi connectivity index (χ3n) is 3.46. The van der Waals surface area contributed by atoms with E-state index in [2.05, 4.69) is 21.2 Å². The van der Waals surface area contributed by atoms with Crippen molar-refractivity contribution in [2.24, 2.45) is 0 Å². The highest BCUT2D eigenvalue weighted by atomic mass is 79.9. The van der Waals surface area contributed by atoms with Crippen molar-refractivity contribution >= 4 is 15.9 Å². The van der Waals surface area contributed by atoms with E-state index in [0.29, 0.717) is 18.5 Å². The molecular weight excluding hydrogens is 336 g/mol. The van der Waals surface area contributed by atoms with E-state index in [1.165, 1.54) is 18.2 Å². The highest BCUT2D eigenvalue weighted by Crippen LogP contribution is 2.27. The van der Waals surface area contributed by atoms with Crippen molar-refractivity contribution in [3.63, 3.8) is 0 Å². The van der Waals surface area contributed by atoms with Gasteiger partial charge < -0.3 is 5.32 Å². The Labute approximate surface area is 132 Å². The Balaban J connectivity index is 2.28. The first kappa shape index (κ1) is 16.1. The molecule has 0 fully saturated rings.